The van der Waals surface area contributed by atoms with E-state index in [0.717, 1.165) is 11.3 Å². The van der Waals surface area contributed by atoms with Crippen LogP contribution in [0.15, 0.2) is 36.4 Å². The summed E-state index contributed by atoms with van der Waals surface area (Å²) in [5, 5.41) is 2.75. The molecule has 0 atom stereocenters. The number of carbonyl (C=O) groups excluding carboxylic acids is 1. The molecule has 0 saturated carbocycles. The molecular formula is C18H20FNO3. The maximum atomic E-state index is 13.3. The molecule has 122 valence electrons. The van der Waals surface area contributed by atoms with Crippen LogP contribution in [0.25, 0.3) is 0 Å². The molecule has 23 heavy (non-hydrogen) atoms. The predicted octanol–water partition coefficient (Wildman–Crippen LogP) is 4.18. The first-order chi connectivity index (χ1) is 11.0. The third kappa shape index (κ3) is 4.22. The van der Waals surface area contributed by atoms with Crippen molar-refractivity contribution >= 4 is 11.6 Å². The van der Waals surface area contributed by atoms with Crippen molar-refractivity contribution in [2.45, 2.75) is 20.8 Å². The van der Waals surface area contributed by atoms with Gasteiger partial charge in [0.2, 0.25) is 0 Å². The van der Waals surface area contributed by atoms with Crippen molar-refractivity contribution in [3.63, 3.8) is 0 Å². The molecule has 2 aromatic carbocycles. The van der Waals surface area contributed by atoms with E-state index >= 15 is 0 Å². The smallest absolute Gasteiger partial charge is 0.255 e. The van der Waals surface area contributed by atoms with E-state index in [1.165, 1.54) is 18.2 Å². The Balaban J connectivity index is 2.20. The Bertz CT molecular complexity index is 701. The Morgan fingerprint density at radius 3 is 2.39 bits per heavy atom. The zero-order valence-corrected chi connectivity index (χ0v) is 13.5. The van der Waals surface area contributed by atoms with Gasteiger partial charge in [0.25, 0.3) is 5.91 Å². The van der Waals surface area contributed by atoms with Crippen molar-refractivity contribution < 1.29 is 18.7 Å². The number of hydrogen-bond donors (Lipinski definition) is 1. The summed E-state index contributed by atoms with van der Waals surface area (Å²) in [5.74, 6) is 0.358. The number of halogens is 1. The summed E-state index contributed by atoms with van der Waals surface area (Å²) in [4.78, 5) is 12.4. The molecule has 0 aromatic heterocycles. The largest absolute Gasteiger partial charge is 0.494 e. The second-order valence-electron chi connectivity index (χ2n) is 4.94. The maximum absolute atomic E-state index is 13.3. The number of hydrogen-bond acceptors (Lipinski definition) is 3. The molecule has 0 aliphatic heterocycles. The van der Waals surface area contributed by atoms with E-state index in [0.29, 0.717) is 30.2 Å². The molecule has 0 bridgehead atoms. The van der Waals surface area contributed by atoms with Gasteiger partial charge in [-0.05, 0) is 56.7 Å². The first-order valence-electron chi connectivity index (χ1n) is 7.52. The van der Waals surface area contributed by atoms with Gasteiger partial charge >= 0.3 is 0 Å². The second kappa shape index (κ2) is 7.63. The van der Waals surface area contributed by atoms with Gasteiger partial charge in [0, 0.05) is 11.6 Å². The van der Waals surface area contributed by atoms with Crippen LogP contribution < -0.4 is 14.8 Å². The SMILES string of the molecule is CCOc1ccc(C(=O)Nc2ccc(F)cc2OCC)cc1C. The Labute approximate surface area is 135 Å². The first-order valence-corrected chi connectivity index (χ1v) is 7.52. The van der Waals surface area contributed by atoms with E-state index in [4.69, 9.17) is 9.47 Å². The van der Waals surface area contributed by atoms with Crippen LogP contribution in [0.4, 0.5) is 10.1 Å². The average molecular weight is 317 g/mol. The Morgan fingerprint density at radius 2 is 1.74 bits per heavy atom. The van der Waals surface area contributed by atoms with Crippen molar-refractivity contribution in [3.8, 4) is 11.5 Å². The minimum absolute atomic E-state index is 0.288. The van der Waals surface area contributed by atoms with Gasteiger partial charge in [0.15, 0.2) is 0 Å². The number of nitrogens with one attached hydrogen (secondary N) is 1. The van der Waals surface area contributed by atoms with Crippen LogP contribution in [-0.2, 0) is 0 Å². The molecular weight excluding hydrogens is 297 g/mol. The monoisotopic (exact) mass is 317 g/mol. The molecule has 0 spiro atoms. The van der Waals surface area contributed by atoms with Gasteiger partial charge in [0.1, 0.15) is 17.3 Å². The van der Waals surface area contributed by atoms with Crippen molar-refractivity contribution in [2.24, 2.45) is 0 Å². The van der Waals surface area contributed by atoms with Crippen molar-refractivity contribution in [1.29, 1.82) is 0 Å². The van der Waals surface area contributed by atoms with Crippen LogP contribution in [-0.4, -0.2) is 19.1 Å². The topological polar surface area (TPSA) is 47.6 Å². The molecule has 2 rings (SSSR count). The normalized spacial score (nSPS) is 10.3. The fourth-order valence-electron chi connectivity index (χ4n) is 2.18. The standard InChI is InChI=1S/C18H20FNO3/c1-4-22-16-9-6-13(10-12(16)3)18(21)20-15-8-7-14(19)11-17(15)23-5-2/h6-11H,4-5H2,1-3H3,(H,20,21). The van der Waals surface area contributed by atoms with Crippen molar-refractivity contribution in [1.82, 2.24) is 0 Å². The van der Waals surface area contributed by atoms with Crippen molar-refractivity contribution in [3.05, 3.63) is 53.3 Å². The number of rotatable bonds is 6. The molecule has 0 radical (unpaired) electrons. The fourth-order valence-corrected chi connectivity index (χ4v) is 2.18. The van der Waals surface area contributed by atoms with E-state index in [2.05, 4.69) is 5.32 Å². The van der Waals surface area contributed by atoms with E-state index < -0.39 is 5.82 Å². The lowest BCUT2D eigenvalue weighted by Gasteiger charge is -2.13. The van der Waals surface area contributed by atoms with Crippen molar-refractivity contribution in [2.75, 3.05) is 18.5 Å². The third-order valence-electron chi connectivity index (χ3n) is 3.23. The fraction of sp³-hybridized carbons (Fsp3) is 0.278. The minimum atomic E-state index is -0.414. The molecule has 0 heterocycles. The summed E-state index contributed by atoms with van der Waals surface area (Å²) in [6, 6.07) is 9.23. The minimum Gasteiger partial charge on any atom is -0.494 e. The molecule has 0 unspecified atom stereocenters. The molecule has 1 amide bonds. The van der Waals surface area contributed by atoms with Crippen LogP contribution in [0.1, 0.15) is 29.8 Å². The van der Waals surface area contributed by atoms with E-state index in [-0.39, 0.29) is 5.91 Å². The zero-order valence-electron chi connectivity index (χ0n) is 13.5. The molecule has 0 fully saturated rings. The third-order valence-corrected chi connectivity index (χ3v) is 3.23. The van der Waals surface area contributed by atoms with Gasteiger partial charge in [0.05, 0.1) is 18.9 Å². The molecule has 2 aromatic rings. The molecule has 4 nitrogen and oxygen atoms in total. The van der Waals surface area contributed by atoms with Crippen LogP contribution in [0.2, 0.25) is 0 Å². The summed E-state index contributed by atoms with van der Waals surface area (Å²) in [7, 11) is 0. The van der Waals surface area contributed by atoms with Crippen LogP contribution >= 0.6 is 0 Å². The summed E-state index contributed by atoms with van der Waals surface area (Å²) < 4.78 is 24.1. The maximum Gasteiger partial charge on any atom is 0.255 e. The second-order valence-corrected chi connectivity index (χ2v) is 4.94. The predicted molar refractivity (Wildman–Crippen MR) is 87.9 cm³/mol. The zero-order chi connectivity index (χ0) is 16.8. The average Bonchev–Trinajstić information content (AvgIpc) is 2.52. The summed E-state index contributed by atoms with van der Waals surface area (Å²) in [5.41, 5.74) is 1.81. The highest BCUT2D eigenvalue weighted by Crippen LogP contribution is 2.26. The van der Waals surface area contributed by atoms with Crippen LogP contribution in [0.5, 0.6) is 11.5 Å². The molecule has 0 aliphatic rings. The van der Waals surface area contributed by atoms with Gasteiger partial charge in [-0.1, -0.05) is 0 Å². The number of aryl methyl sites for hydroxylation is 1. The number of carbonyl (C=O) groups is 1. The lowest BCUT2D eigenvalue weighted by atomic mass is 10.1. The first kappa shape index (κ1) is 16.8. The highest BCUT2D eigenvalue weighted by molar-refractivity contribution is 6.05. The highest BCUT2D eigenvalue weighted by Gasteiger charge is 2.12. The molecule has 0 saturated heterocycles. The lowest BCUT2D eigenvalue weighted by Crippen LogP contribution is -2.13. The molecule has 5 heteroatoms. The van der Waals surface area contributed by atoms with Gasteiger partial charge in [-0.3, -0.25) is 4.79 Å². The quantitative estimate of drug-likeness (QED) is 0.869. The number of amides is 1. The van der Waals surface area contributed by atoms with Crippen LogP contribution in [0.3, 0.4) is 0 Å². The lowest BCUT2D eigenvalue weighted by molar-refractivity contribution is 0.102. The van der Waals surface area contributed by atoms with Gasteiger partial charge in [-0.2, -0.15) is 0 Å². The van der Waals surface area contributed by atoms with Gasteiger partial charge in [-0.25, -0.2) is 4.39 Å². The number of ether oxygens (including phenoxy) is 2. The Morgan fingerprint density at radius 1 is 1.04 bits per heavy atom. The molecule has 0 aliphatic carbocycles. The number of benzene rings is 2. The number of anilines is 1. The summed E-state index contributed by atoms with van der Waals surface area (Å²) >= 11 is 0. The van der Waals surface area contributed by atoms with E-state index in [9.17, 15) is 9.18 Å². The summed E-state index contributed by atoms with van der Waals surface area (Å²) in [6.45, 7) is 6.54. The highest BCUT2D eigenvalue weighted by atomic mass is 19.1. The summed E-state index contributed by atoms with van der Waals surface area (Å²) in [6.07, 6.45) is 0. The van der Waals surface area contributed by atoms with E-state index in [1.54, 1.807) is 25.1 Å². The molecule has 1 N–H and O–H groups in total. The Kier molecular flexibility index (Phi) is 5.57. The Hall–Kier alpha value is -2.56. The van der Waals surface area contributed by atoms with E-state index in [1.807, 2.05) is 13.8 Å². The van der Waals surface area contributed by atoms with Crippen LogP contribution in [0, 0.1) is 12.7 Å². The van der Waals surface area contributed by atoms with Gasteiger partial charge in [-0.15, -0.1) is 0 Å². The van der Waals surface area contributed by atoms with Gasteiger partial charge < -0.3 is 14.8 Å².